The molecule has 0 N–H and O–H groups in total. The summed E-state index contributed by atoms with van der Waals surface area (Å²) in [6, 6.07) is 22.2. The summed E-state index contributed by atoms with van der Waals surface area (Å²) in [6.07, 6.45) is 1.93. The van der Waals surface area contributed by atoms with Crippen LogP contribution in [-0.4, -0.2) is 37.3 Å². The molecule has 0 aliphatic rings. The topological polar surface area (TPSA) is 67.0 Å². The Hall–Kier alpha value is -1.33. The Labute approximate surface area is 274 Å². The molecule has 5 aromatic rings. The first-order valence-corrected chi connectivity index (χ1v) is 11.8. The number of halogens is 3. The van der Waals surface area contributed by atoms with Crippen LogP contribution in [0.25, 0.3) is 45.1 Å². The fourth-order valence-electron chi connectivity index (χ4n) is 4.09. The summed E-state index contributed by atoms with van der Waals surface area (Å²) in [5.74, 6) is 1.56. The molecule has 11 heteroatoms. The molecule has 0 fully saturated rings. The second-order valence-corrected chi connectivity index (χ2v) is 8.19. The Morgan fingerprint density at radius 1 is 0.579 bits per heavy atom. The zero-order valence-electron chi connectivity index (χ0n) is 21.3. The molecule has 0 bridgehead atoms. The van der Waals surface area contributed by atoms with Gasteiger partial charge in [0.2, 0.25) is 0 Å². The minimum Gasteiger partial charge on any atom is -1.00 e. The van der Waals surface area contributed by atoms with Crippen molar-refractivity contribution in [1.29, 1.82) is 0 Å². The average Bonchev–Trinajstić information content (AvgIpc) is 3.43. The van der Waals surface area contributed by atoms with Gasteiger partial charge in [-0.3, -0.25) is 9.13 Å². The Morgan fingerprint density at radius 2 is 1.00 bits per heavy atom. The monoisotopic (exact) mass is 702 g/mol. The van der Waals surface area contributed by atoms with Gasteiger partial charge in [-0.1, -0.05) is 44.2 Å². The third-order valence-corrected chi connectivity index (χ3v) is 5.65. The number of aromatic nitrogens is 5. The van der Waals surface area contributed by atoms with Gasteiger partial charge >= 0.3 is 40.8 Å². The molecule has 0 aliphatic carbocycles. The Kier molecular flexibility index (Phi) is 15.2. The maximum Gasteiger partial charge on any atom is 3.00 e. The number of benzene rings is 2. The van der Waals surface area contributed by atoms with Crippen molar-refractivity contribution in [2.45, 2.75) is 40.2 Å². The first-order valence-electron chi connectivity index (χ1n) is 11.8. The average molecular weight is 706 g/mol. The van der Waals surface area contributed by atoms with Crippen LogP contribution in [0.15, 0.2) is 66.7 Å². The van der Waals surface area contributed by atoms with Crippen LogP contribution in [0.5, 0.6) is 0 Å². The summed E-state index contributed by atoms with van der Waals surface area (Å²) in [4.78, 5) is 14.8. The number of fused-ring (bicyclic) bond motifs is 2. The van der Waals surface area contributed by atoms with Gasteiger partial charge < -0.3 is 46.7 Å². The minimum absolute atomic E-state index is 0. The molecule has 7 nitrogen and oxygen atoms in total. The van der Waals surface area contributed by atoms with E-state index < -0.39 is 0 Å². The second-order valence-electron chi connectivity index (χ2n) is 8.19. The first-order chi connectivity index (χ1) is 16.8. The van der Waals surface area contributed by atoms with Gasteiger partial charge in [0.15, 0.2) is 11.6 Å². The van der Waals surface area contributed by atoms with Gasteiger partial charge in [0.25, 0.3) is 0 Å². The van der Waals surface area contributed by atoms with Crippen molar-refractivity contribution in [2.75, 3.05) is 13.2 Å². The number of nitrogens with zero attached hydrogens (tertiary/aromatic N) is 5. The van der Waals surface area contributed by atoms with Crippen LogP contribution in [0.4, 0.5) is 0 Å². The zero-order valence-corrected chi connectivity index (χ0v) is 26.8. The van der Waals surface area contributed by atoms with E-state index in [1.807, 2.05) is 54.6 Å². The van der Waals surface area contributed by atoms with Gasteiger partial charge in [0, 0.05) is 13.2 Å². The fraction of sp³-hybridized carbons (Fsp3) is 0.296. The van der Waals surface area contributed by atoms with Crippen LogP contribution in [-0.2, 0) is 22.9 Å². The largest absolute Gasteiger partial charge is 3.00 e. The quantitative estimate of drug-likeness (QED) is 0.144. The van der Waals surface area contributed by atoms with Crippen molar-refractivity contribution in [3.63, 3.8) is 0 Å². The van der Waals surface area contributed by atoms with Gasteiger partial charge in [0.05, 0.1) is 22.1 Å². The van der Waals surface area contributed by atoms with E-state index in [0.717, 1.165) is 57.9 Å². The Morgan fingerprint density at radius 3 is 1.42 bits per heavy atom. The van der Waals surface area contributed by atoms with Gasteiger partial charge in [-0.05, 0) is 49.2 Å². The molecule has 3 aromatic heterocycles. The predicted molar refractivity (Wildman–Crippen MR) is 134 cm³/mol. The number of imidazole rings is 2. The maximum atomic E-state index is 5.89. The number of hydrogen-bond acceptors (Lipinski definition) is 5. The van der Waals surface area contributed by atoms with E-state index >= 15 is 0 Å². The molecule has 1 radical (unpaired) electrons. The number of pyridine rings is 1. The summed E-state index contributed by atoms with van der Waals surface area (Å²) in [7, 11) is 0. The molecule has 5 rings (SSSR count). The summed E-state index contributed by atoms with van der Waals surface area (Å²) in [5.41, 5.74) is 5.46. The molecular formula is C27H29Cl3N5NdO2. The molecule has 199 valence electrons. The van der Waals surface area contributed by atoms with E-state index in [4.69, 9.17) is 24.4 Å². The van der Waals surface area contributed by atoms with Crippen molar-refractivity contribution in [1.82, 2.24) is 24.1 Å². The molecule has 2 aromatic carbocycles. The van der Waals surface area contributed by atoms with Crippen molar-refractivity contribution in [3.8, 4) is 23.0 Å². The van der Waals surface area contributed by atoms with Crippen LogP contribution >= 0.6 is 0 Å². The fourth-order valence-corrected chi connectivity index (χ4v) is 4.09. The SMILES string of the molecule is CCCOCn1c(-c2cccc(-c3nc4ccccc4n3COCCC)n2)nc2ccccc21.[Cl-].[Cl-].[Cl-].[Nd+3]. The van der Waals surface area contributed by atoms with Crippen molar-refractivity contribution in [3.05, 3.63) is 66.7 Å². The minimum atomic E-state index is 0. The summed E-state index contributed by atoms with van der Waals surface area (Å²) in [5, 5.41) is 0. The number of rotatable bonds is 10. The Bertz CT molecular complexity index is 1320. The summed E-state index contributed by atoms with van der Waals surface area (Å²) >= 11 is 0. The van der Waals surface area contributed by atoms with Crippen LogP contribution < -0.4 is 37.2 Å². The van der Waals surface area contributed by atoms with E-state index in [2.05, 4.69) is 35.1 Å². The molecule has 3 heterocycles. The van der Waals surface area contributed by atoms with E-state index in [1.165, 1.54) is 0 Å². The molecule has 0 saturated carbocycles. The van der Waals surface area contributed by atoms with E-state index in [1.54, 1.807) is 0 Å². The summed E-state index contributed by atoms with van der Waals surface area (Å²) < 4.78 is 16.0. The molecule has 0 aliphatic heterocycles. The zero-order chi connectivity index (χ0) is 23.3. The van der Waals surface area contributed by atoms with Crippen LogP contribution in [0.1, 0.15) is 26.7 Å². The molecule has 0 saturated heterocycles. The van der Waals surface area contributed by atoms with Crippen molar-refractivity contribution >= 4 is 22.1 Å². The van der Waals surface area contributed by atoms with Crippen molar-refractivity contribution in [2.24, 2.45) is 0 Å². The first kappa shape index (κ1) is 34.7. The smallest absolute Gasteiger partial charge is 1.00 e. The number of hydrogen-bond donors (Lipinski definition) is 0. The predicted octanol–water partition coefficient (Wildman–Crippen LogP) is -3.10. The standard InChI is InChI=1S/C27H29N5O2.3ClH.Nd/c1-3-16-33-18-31-24-14-7-5-10-20(24)29-26(31)22-12-9-13-23(28-22)27-30-21-11-6-8-15-25(21)32(27)19-34-17-4-2;;;;/h5-15H,3-4,16-19H2,1-2H3;3*1H;/q;;;;+3/p-3. The van der Waals surface area contributed by atoms with Gasteiger partial charge in [0.1, 0.15) is 24.8 Å². The number of para-hydroxylation sites is 4. The van der Waals surface area contributed by atoms with Crippen LogP contribution in [0, 0.1) is 40.8 Å². The number of ether oxygens (including phenoxy) is 2. The molecule has 0 spiro atoms. The van der Waals surface area contributed by atoms with Crippen LogP contribution in [0.2, 0.25) is 0 Å². The van der Waals surface area contributed by atoms with Crippen molar-refractivity contribution < 1.29 is 87.5 Å². The summed E-state index contributed by atoms with van der Waals surface area (Å²) in [6.45, 7) is 6.46. The molecule has 0 amide bonds. The molecule has 0 atom stereocenters. The van der Waals surface area contributed by atoms with Gasteiger partial charge in [-0.15, -0.1) is 0 Å². The molecule has 0 unspecified atom stereocenters. The van der Waals surface area contributed by atoms with E-state index in [9.17, 15) is 0 Å². The van der Waals surface area contributed by atoms with Gasteiger partial charge in [-0.25, -0.2) is 15.0 Å². The Balaban J connectivity index is 0.00000180. The van der Waals surface area contributed by atoms with E-state index in [0.29, 0.717) is 26.7 Å². The molecular weight excluding hydrogens is 677 g/mol. The molecule has 38 heavy (non-hydrogen) atoms. The third kappa shape index (κ3) is 7.44. The van der Waals surface area contributed by atoms with Gasteiger partial charge in [-0.2, -0.15) is 0 Å². The third-order valence-electron chi connectivity index (χ3n) is 5.65. The van der Waals surface area contributed by atoms with E-state index in [-0.39, 0.29) is 78.1 Å². The normalized spacial score (nSPS) is 10.4. The second kappa shape index (κ2) is 16.7. The van der Waals surface area contributed by atoms with Crippen LogP contribution in [0.3, 0.4) is 0 Å². The maximum absolute atomic E-state index is 5.89.